The molecule has 3 nitrogen and oxygen atoms in total. The van der Waals surface area contributed by atoms with E-state index in [4.69, 9.17) is 0 Å². The molecule has 0 unspecified atom stereocenters. The molecule has 0 saturated heterocycles. The summed E-state index contributed by atoms with van der Waals surface area (Å²) < 4.78 is 1.96. The SMILES string of the molecule is CC(C)n1cc(NCc2cccs2)cn1.Cl. The number of hydrogen-bond donors (Lipinski definition) is 1. The fourth-order valence-corrected chi connectivity index (χ4v) is 1.96. The Hall–Kier alpha value is -1.00. The molecule has 2 rings (SSSR count). The van der Waals surface area contributed by atoms with Gasteiger partial charge in [-0.1, -0.05) is 6.07 Å². The van der Waals surface area contributed by atoms with Gasteiger partial charge in [0.2, 0.25) is 0 Å². The molecule has 0 spiro atoms. The van der Waals surface area contributed by atoms with Crippen LogP contribution in [0.1, 0.15) is 24.8 Å². The van der Waals surface area contributed by atoms with Gasteiger partial charge in [-0.05, 0) is 25.3 Å². The Morgan fingerprint density at radius 1 is 1.50 bits per heavy atom. The van der Waals surface area contributed by atoms with Gasteiger partial charge in [0.25, 0.3) is 0 Å². The van der Waals surface area contributed by atoms with E-state index < -0.39 is 0 Å². The van der Waals surface area contributed by atoms with Crippen LogP contribution in [-0.4, -0.2) is 9.78 Å². The highest BCUT2D eigenvalue weighted by molar-refractivity contribution is 7.09. The van der Waals surface area contributed by atoms with E-state index in [1.54, 1.807) is 11.3 Å². The predicted molar refractivity (Wildman–Crippen MR) is 71.5 cm³/mol. The molecule has 0 amide bonds. The third kappa shape index (κ3) is 3.25. The van der Waals surface area contributed by atoms with Crippen LogP contribution in [0.4, 0.5) is 5.69 Å². The Morgan fingerprint density at radius 3 is 2.88 bits per heavy atom. The van der Waals surface area contributed by atoms with Gasteiger partial charge in [0.05, 0.1) is 11.9 Å². The lowest BCUT2D eigenvalue weighted by Crippen LogP contribution is -2.00. The summed E-state index contributed by atoms with van der Waals surface area (Å²) >= 11 is 1.77. The molecule has 0 saturated carbocycles. The van der Waals surface area contributed by atoms with Gasteiger partial charge in [-0.3, -0.25) is 4.68 Å². The summed E-state index contributed by atoms with van der Waals surface area (Å²) in [4.78, 5) is 1.34. The van der Waals surface area contributed by atoms with Crippen molar-refractivity contribution in [3.8, 4) is 0 Å². The van der Waals surface area contributed by atoms with Crippen LogP contribution < -0.4 is 5.32 Å². The molecular formula is C11H16ClN3S. The fourth-order valence-electron chi connectivity index (χ4n) is 1.31. The van der Waals surface area contributed by atoms with Gasteiger partial charge in [-0.25, -0.2) is 0 Å². The van der Waals surface area contributed by atoms with Crippen LogP contribution in [0.2, 0.25) is 0 Å². The number of anilines is 1. The van der Waals surface area contributed by atoms with Crippen molar-refractivity contribution >= 4 is 29.4 Å². The maximum Gasteiger partial charge on any atom is 0.0729 e. The Bertz CT molecular complexity index is 409. The van der Waals surface area contributed by atoms with Gasteiger partial charge in [0.15, 0.2) is 0 Å². The molecule has 2 heterocycles. The van der Waals surface area contributed by atoms with Gasteiger partial charge in [0, 0.05) is 23.7 Å². The monoisotopic (exact) mass is 257 g/mol. The van der Waals surface area contributed by atoms with Crippen molar-refractivity contribution in [3.05, 3.63) is 34.8 Å². The maximum absolute atomic E-state index is 4.27. The van der Waals surface area contributed by atoms with Gasteiger partial charge in [0.1, 0.15) is 0 Å². The molecule has 5 heteroatoms. The molecule has 0 fully saturated rings. The van der Waals surface area contributed by atoms with Crippen LogP contribution in [0.3, 0.4) is 0 Å². The standard InChI is InChI=1S/C11H15N3S.ClH/c1-9(2)14-8-10(6-13-14)12-7-11-4-3-5-15-11;/h3-6,8-9,12H,7H2,1-2H3;1H. The lowest BCUT2D eigenvalue weighted by Gasteiger charge is -2.03. The summed E-state index contributed by atoms with van der Waals surface area (Å²) in [5.74, 6) is 0. The van der Waals surface area contributed by atoms with Crippen molar-refractivity contribution in [2.24, 2.45) is 0 Å². The number of thiophene rings is 1. The zero-order chi connectivity index (χ0) is 10.7. The number of nitrogens with zero attached hydrogens (tertiary/aromatic N) is 2. The van der Waals surface area contributed by atoms with E-state index in [0.717, 1.165) is 12.2 Å². The molecule has 0 atom stereocenters. The highest BCUT2D eigenvalue weighted by Crippen LogP contribution is 2.13. The lowest BCUT2D eigenvalue weighted by atomic mass is 10.4. The first-order chi connectivity index (χ1) is 7.25. The molecule has 88 valence electrons. The number of hydrogen-bond acceptors (Lipinski definition) is 3. The molecule has 16 heavy (non-hydrogen) atoms. The van der Waals surface area contributed by atoms with E-state index in [-0.39, 0.29) is 12.4 Å². The van der Waals surface area contributed by atoms with E-state index in [1.165, 1.54) is 4.88 Å². The first-order valence-electron chi connectivity index (χ1n) is 5.06. The highest BCUT2D eigenvalue weighted by Gasteiger charge is 2.01. The smallest absolute Gasteiger partial charge is 0.0729 e. The largest absolute Gasteiger partial charge is 0.378 e. The average molecular weight is 258 g/mol. The number of halogens is 1. The predicted octanol–water partition coefficient (Wildman–Crippen LogP) is 3.56. The van der Waals surface area contributed by atoms with Crippen molar-refractivity contribution in [3.63, 3.8) is 0 Å². The van der Waals surface area contributed by atoms with Gasteiger partial charge < -0.3 is 5.32 Å². The quantitative estimate of drug-likeness (QED) is 0.908. The minimum Gasteiger partial charge on any atom is -0.378 e. The van der Waals surface area contributed by atoms with Crippen molar-refractivity contribution in [2.45, 2.75) is 26.4 Å². The first kappa shape index (κ1) is 13.1. The second-order valence-corrected chi connectivity index (χ2v) is 4.77. The van der Waals surface area contributed by atoms with Gasteiger partial charge in [-0.2, -0.15) is 5.10 Å². The second kappa shape index (κ2) is 5.92. The van der Waals surface area contributed by atoms with Crippen molar-refractivity contribution in [2.75, 3.05) is 5.32 Å². The summed E-state index contributed by atoms with van der Waals surface area (Å²) in [6.45, 7) is 5.12. The molecule has 0 aliphatic rings. The van der Waals surface area contributed by atoms with Crippen molar-refractivity contribution in [1.82, 2.24) is 9.78 Å². The molecule has 1 N–H and O–H groups in total. The highest BCUT2D eigenvalue weighted by atomic mass is 35.5. The molecule has 0 aliphatic heterocycles. The zero-order valence-electron chi connectivity index (χ0n) is 9.38. The number of aromatic nitrogens is 2. The second-order valence-electron chi connectivity index (χ2n) is 3.74. The number of nitrogens with one attached hydrogen (secondary N) is 1. The minimum atomic E-state index is 0. The molecule has 0 aliphatic carbocycles. The van der Waals surface area contributed by atoms with E-state index in [0.29, 0.717) is 6.04 Å². The van der Waals surface area contributed by atoms with Crippen LogP contribution in [0.25, 0.3) is 0 Å². The minimum absolute atomic E-state index is 0. The topological polar surface area (TPSA) is 29.9 Å². The first-order valence-corrected chi connectivity index (χ1v) is 5.94. The normalized spacial score (nSPS) is 10.2. The van der Waals surface area contributed by atoms with E-state index in [9.17, 15) is 0 Å². The summed E-state index contributed by atoms with van der Waals surface area (Å²) in [6, 6.07) is 4.62. The van der Waals surface area contributed by atoms with Gasteiger partial charge >= 0.3 is 0 Å². The molecule has 2 aromatic rings. The summed E-state index contributed by atoms with van der Waals surface area (Å²) in [7, 11) is 0. The lowest BCUT2D eigenvalue weighted by molar-refractivity contribution is 0.532. The molecule has 2 aromatic heterocycles. The van der Waals surface area contributed by atoms with Crippen molar-refractivity contribution in [1.29, 1.82) is 0 Å². The maximum atomic E-state index is 4.27. The van der Waals surface area contributed by atoms with Crippen LogP contribution in [0.15, 0.2) is 29.9 Å². The van der Waals surface area contributed by atoms with Crippen LogP contribution in [-0.2, 0) is 6.54 Å². The number of rotatable bonds is 4. The Balaban J connectivity index is 0.00000128. The van der Waals surface area contributed by atoms with Crippen LogP contribution >= 0.6 is 23.7 Å². The molecular weight excluding hydrogens is 242 g/mol. The Kier molecular flexibility index (Phi) is 4.83. The third-order valence-corrected chi connectivity index (χ3v) is 3.05. The summed E-state index contributed by atoms with van der Waals surface area (Å²) in [6.07, 6.45) is 3.91. The Labute approximate surface area is 106 Å². The molecule has 0 bridgehead atoms. The van der Waals surface area contributed by atoms with Crippen molar-refractivity contribution < 1.29 is 0 Å². The van der Waals surface area contributed by atoms with Gasteiger partial charge in [-0.15, -0.1) is 23.7 Å². The van der Waals surface area contributed by atoms with Crippen LogP contribution in [0.5, 0.6) is 0 Å². The average Bonchev–Trinajstić information content (AvgIpc) is 2.86. The molecule has 0 aromatic carbocycles. The van der Waals surface area contributed by atoms with Crippen LogP contribution in [0, 0.1) is 0 Å². The summed E-state index contributed by atoms with van der Waals surface area (Å²) in [5, 5.41) is 9.71. The zero-order valence-corrected chi connectivity index (χ0v) is 11.0. The van der Waals surface area contributed by atoms with E-state index >= 15 is 0 Å². The fraction of sp³-hybridized carbons (Fsp3) is 0.364. The third-order valence-electron chi connectivity index (χ3n) is 2.18. The van der Waals surface area contributed by atoms with E-state index in [1.807, 2.05) is 17.1 Å². The van der Waals surface area contributed by atoms with E-state index in [2.05, 4.69) is 41.8 Å². The Morgan fingerprint density at radius 2 is 2.31 bits per heavy atom. The summed E-state index contributed by atoms with van der Waals surface area (Å²) in [5.41, 5.74) is 1.08. The molecule has 0 radical (unpaired) electrons.